The van der Waals surface area contributed by atoms with E-state index in [1.165, 1.54) is 18.9 Å². The highest BCUT2D eigenvalue weighted by atomic mass is 32.2. The van der Waals surface area contributed by atoms with Crippen LogP contribution < -0.4 is 10.1 Å². The van der Waals surface area contributed by atoms with Gasteiger partial charge in [0.1, 0.15) is 12.4 Å². The first-order valence-corrected chi connectivity index (χ1v) is 11.5. The molecule has 8 nitrogen and oxygen atoms in total. The number of esters is 1. The fourth-order valence-electron chi connectivity index (χ4n) is 3.18. The maximum absolute atomic E-state index is 12.4. The number of nitrogens with zero attached hydrogens (tertiary/aromatic N) is 3. The molecule has 0 aliphatic heterocycles. The molecular formula is C24H28N4O4S. The Kier molecular flexibility index (Phi) is 8.11. The molecule has 0 saturated carbocycles. The van der Waals surface area contributed by atoms with Crippen LogP contribution in [-0.2, 0) is 23.2 Å². The molecule has 2 aromatic carbocycles. The largest absolute Gasteiger partial charge is 0.485 e. The van der Waals surface area contributed by atoms with E-state index >= 15 is 0 Å². The normalized spacial score (nSPS) is 10.8. The Hall–Kier alpha value is -3.33. The Balaban J connectivity index is 1.61. The number of ether oxygens (including phenoxy) is 2. The summed E-state index contributed by atoms with van der Waals surface area (Å²) in [5.74, 6) is 1.17. The Labute approximate surface area is 197 Å². The highest BCUT2D eigenvalue weighted by Gasteiger charge is 2.16. The summed E-state index contributed by atoms with van der Waals surface area (Å²) in [5, 5.41) is 11.7. The molecule has 0 aliphatic carbocycles. The van der Waals surface area contributed by atoms with Crippen LogP contribution in [0.2, 0.25) is 0 Å². The van der Waals surface area contributed by atoms with E-state index in [1.54, 1.807) is 24.3 Å². The van der Waals surface area contributed by atoms with Gasteiger partial charge in [0, 0.05) is 7.05 Å². The molecule has 0 aliphatic rings. The summed E-state index contributed by atoms with van der Waals surface area (Å²) in [6.07, 6.45) is 0. The Morgan fingerprint density at radius 1 is 1.15 bits per heavy atom. The summed E-state index contributed by atoms with van der Waals surface area (Å²) >= 11 is 1.25. The van der Waals surface area contributed by atoms with Crippen molar-refractivity contribution in [3.8, 4) is 5.75 Å². The molecule has 0 atom stereocenters. The van der Waals surface area contributed by atoms with Gasteiger partial charge in [-0.3, -0.25) is 4.79 Å². The average molecular weight is 469 g/mol. The number of hydrogen-bond donors (Lipinski definition) is 1. The van der Waals surface area contributed by atoms with Gasteiger partial charge in [-0.05, 0) is 42.2 Å². The van der Waals surface area contributed by atoms with Crippen molar-refractivity contribution in [3.05, 3.63) is 65.0 Å². The number of methoxy groups -OCH3 is 1. The van der Waals surface area contributed by atoms with Crippen molar-refractivity contribution in [3.63, 3.8) is 0 Å². The number of amides is 1. The molecular weight excluding hydrogens is 440 g/mol. The molecule has 3 aromatic rings. The van der Waals surface area contributed by atoms with Gasteiger partial charge < -0.3 is 19.4 Å². The summed E-state index contributed by atoms with van der Waals surface area (Å²) in [7, 11) is 3.14. The van der Waals surface area contributed by atoms with Crippen molar-refractivity contribution < 1.29 is 19.1 Å². The van der Waals surface area contributed by atoms with Crippen LogP contribution in [0.5, 0.6) is 5.75 Å². The van der Waals surface area contributed by atoms with Crippen molar-refractivity contribution in [1.29, 1.82) is 0 Å². The number of thioether (sulfide) groups is 1. The molecule has 0 unspecified atom stereocenters. The van der Waals surface area contributed by atoms with Crippen molar-refractivity contribution in [1.82, 2.24) is 14.8 Å². The van der Waals surface area contributed by atoms with Crippen LogP contribution in [-0.4, -0.2) is 39.5 Å². The van der Waals surface area contributed by atoms with Crippen LogP contribution in [0.4, 0.5) is 5.69 Å². The minimum atomic E-state index is -0.509. The maximum Gasteiger partial charge on any atom is 0.339 e. The number of hydrogen-bond acceptors (Lipinski definition) is 7. The summed E-state index contributed by atoms with van der Waals surface area (Å²) in [6, 6.07) is 12.9. The zero-order valence-corrected chi connectivity index (χ0v) is 20.2. The lowest BCUT2D eigenvalue weighted by Crippen LogP contribution is -2.17. The molecule has 0 bridgehead atoms. The summed E-state index contributed by atoms with van der Waals surface area (Å²) in [6.45, 7) is 6.56. The monoisotopic (exact) mass is 468 g/mol. The van der Waals surface area contributed by atoms with E-state index in [-0.39, 0.29) is 18.3 Å². The average Bonchev–Trinajstić information content (AvgIpc) is 3.15. The van der Waals surface area contributed by atoms with Gasteiger partial charge in [0.15, 0.2) is 11.0 Å². The third-order valence-corrected chi connectivity index (χ3v) is 6.03. The number of carbonyl (C=O) groups excluding carboxylic acids is 2. The SMILES string of the molecule is COC(=O)c1ccccc1NC(=O)CSc1nnc(COc2cc(C)ccc2C(C)C)n1C. The van der Waals surface area contributed by atoms with Crippen LogP contribution in [0.3, 0.4) is 0 Å². The zero-order chi connectivity index (χ0) is 24.0. The maximum atomic E-state index is 12.4. The van der Waals surface area contributed by atoms with Gasteiger partial charge in [0.2, 0.25) is 5.91 Å². The van der Waals surface area contributed by atoms with Crippen LogP contribution >= 0.6 is 11.8 Å². The van der Waals surface area contributed by atoms with Crippen molar-refractivity contribution in [2.45, 2.75) is 38.5 Å². The quantitative estimate of drug-likeness (QED) is 0.369. The molecule has 0 saturated heterocycles. The lowest BCUT2D eigenvalue weighted by atomic mass is 10.0. The zero-order valence-electron chi connectivity index (χ0n) is 19.4. The molecule has 1 N–H and O–H groups in total. The topological polar surface area (TPSA) is 95.3 Å². The summed E-state index contributed by atoms with van der Waals surface area (Å²) < 4.78 is 12.6. The summed E-state index contributed by atoms with van der Waals surface area (Å²) in [5.41, 5.74) is 2.97. The van der Waals surface area contributed by atoms with Gasteiger partial charge in [-0.25, -0.2) is 4.79 Å². The Morgan fingerprint density at radius 2 is 1.91 bits per heavy atom. The van der Waals surface area contributed by atoms with Gasteiger partial charge >= 0.3 is 5.97 Å². The molecule has 9 heteroatoms. The van der Waals surface area contributed by atoms with Crippen LogP contribution in [0.15, 0.2) is 47.6 Å². The molecule has 174 valence electrons. The first kappa shape index (κ1) is 24.3. The van der Waals surface area contributed by atoms with Crippen LogP contribution in [0.1, 0.15) is 47.1 Å². The summed E-state index contributed by atoms with van der Waals surface area (Å²) in [4.78, 5) is 24.3. The fraction of sp³-hybridized carbons (Fsp3) is 0.333. The number of aromatic nitrogens is 3. The number of para-hydroxylation sites is 1. The predicted molar refractivity (Wildman–Crippen MR) is 128 cm³/mol. The standard InChI is InChI=1S/C24H28N4O4S/c1-15(2)17-11-10-16(3)12-20(17)32-13-21-26-27-24(28(21)4)33-14-22(29)25-19-9-7-6-8-18(19)23(30)31-5/h6-12,15H,13-14H2,1-5H3,(H,25,29). The first-order valence-electron chi connectivity index (χ1n) is 10.5. The third-order valence-electron chi connectivity index (χ3n) is 5.01. The van der Waals surface area contributed by atoms with Gasteiger partial charge in [-0.2, -0.15) is 0 Å². The van der Waals surface area contributed by atoms with E-state index in [4.69, 9.17) is 9.47 Å². The lowest BCUT2D eigenvalue weighted by molar-refractivity contribution is -0.113. The minimum absolute atomic E-state index is 0.109. The highest BCUT2D eigenvalue weighted by molar-refractivity contribution is 7.99. The molecule has 1 heterocycles. The number of nitrogens with one attached hydrogen (secondary N) is 1. The lowest BCUT2D eigenvalue weighted by Gasteiger charge is -2.14. The molecule has 1 amide bonds. The number of carbonyl (C=O) groups is 2. The fourth-order valence-corrected chi connectivity index (χ4v) is 3.91. The number of anilines is 1. The van der Waals surface area contributed by atoms with E-state index in [0.717, 1.165) is 16.9 Å². The van der Waals surface area contributed by atoms with E-state index in [1.807, 2.05) is 24.6 Å². The van der Waals surface area contributed by atoms with E-state index in [9.17, 15) is 9.59 Å². The Bertz CT molecular complexity index is 1140. The van der Waals surface area contributed by atoms with Crippen molar-refractivity contribution >= 4 is 29.3 Å². The van der Waals surface area contributed by atoms with Crippen molar-refractivity contribution in [2.24, 2.45) is 7.05 Å². The van der Waals surface area contributed by atoms with Gasteiger partial charge in [-0.1, -0.05) is 49.9 Å². The van der Waals surface area contributed by atoms with Crippen molar-refractivity contribution in [2.75, 3.05) is 18.2 Å². The molecule has 0 fully saturated rings. The van der Waals surface area contributed by atoms with E-state index < -0.39 is 5.97 Å². The van der Waals surface area contributed by atoms with Gasteiger partial charge in [0.05, 0.1) is 24.1 Å². The van der Waals surface area contributed by atoms with E-state index in [2.05, 4.69) is 41.5 Å². The first-order chi connectivity index (χ1) is 15.8. The van der Waals surface area contributed by atoms with Gasteiger partial charge in [-0.15, -0.1) is 10.2 Å². The second-order valence-corrected chi connectivity index (χ2v) is 8.76. The van der Waals surface area contributed by atoms with Gasteiger partial charge in [0.25, 0.3) is 0 Å². The highest BCUT2D eigenvalue weighted by Crippen LogP contribution is 2.28. The third kappa shape index (κ3) is 6.13. The number of benzene rings is 2. The number of aryl methyl sites for hydroxylation is 1. The number of rotatable bonds is 9. The predicted octanol–water partition coefficient (Wildman–Crippen LogP) is 4.34. The molecule has 0 spiro atoms. The second-order valence-electron chi connectivity index (χ2n) is 7.82. The van der Waals surface area contributed by atoms with E-state index in [0.29, 0.717) is 28.1 Å². The molecule has 33 heavy (non-hydrogen) atoms. The Morgan fingerprint density at radius 3 is 2.64 bits per heavy atom. The molecule has 3 rings (SSSR count). The molecule has 1 aromatic heterocycles. The molecule has 0 radical (unpaired) electrons. The minimum Gasteiger partial charge on any atom is -0.485 e. The smallest absolute Gasteiger partial charge is 0.339 e. The van der Waals surface area contributed by atoms with Crippen LogP contribution in [0.25, 0.3) is 0 Å². The van der Waals surface area contributed by atoms with Crippen LogP contribution in [0, 0.1) is 6.92 Å². The second kappa shape index (κ2) is 11.0.